The van der Waals surface area contributed by atoms with Crippen LogP contribution >= 0.6 is 0 Å². The summed E-state index contributed by atoms with van der Waals surface area (Å²) in [6.07, 6.45) is 1.31. The van der Waals surface area contributed by atoms with Crippen LogP contribution in [0.2, 0.25) is 0 Å². The average molecular weight is 178 g/mol. The largest absolute Gasteiger partial charge is 0.364 e. The summed E-state index contributed by atoms with van der Waals surface area (Å²) >= 11 is 0. The standard InChI is InChI=1S/C11H14O2/c1-2-9-7-8-5-3-4-6-10(8)11(12)13-9/h3-6,9,11-12H,2,7H2,1H3. The third-order valence-electron chi connectivity index (χ3n) is 2.55. The quantitative estimate of drug-likeness (QED) is 0.713. The lowest BCUT2D eigenvalue weighted by molar-refractivity contribution is -0.149. The van der Waals surface area contributed by atoms with E-state index < -0.39 is 6.29 Å². The highest BCUT2D eigenvalue weighted by Gasteiger charge is 2.23. The SMILES string of the molecule is CCC1Cc2ccccc2C(O)O1. The van der Waals surface area contributed by atoms with Gasteiger partial charge in [-0.05, 0) is 18.4 Å². The van der Waals surface area contributed by atoms with Gasteiger partial charge in [-0.3, -0.25) is 0 Å². The van der Waals surface area contributed by atoms with Gasteiger partial charge in [0.1, 0.15) is 0 Å². The van der Waals surface area contributed by atoms with E-state index in [-0.39, 0.29) is 6.10 Å². The van der Waals surface area contributed by atoms with E-state index in [1.54, 1.807) is 0 Å². The first-order valence-electron chi connectivity index (χ1n) is 4.72. The van der Waals surface area contributed by atoms with Crippen LogP contribution in [-0.4, -0.2) is 11.2 Å². The van der Waals surface area contributed by atoms with Crippen molar-refractivity contribution in [2.24, 2.45) is 0 Å². The second kappa shape index (κ2) is 3.48. The number of hydrogen-bond donors (Lipinski definition) is 1. The molecular formula is C11H14O2. The van der Waals surface area contributed by atoms with Gasteiger partial charge in [0.15, 0.2) is 6.29 Å². The summed E-state index contributed by atoms with van der Waals surface area (Å²) in [5.74, 6) is 0. The number of rotatable bonds is 1. The number of aliphatic hydroxyl groups excluding tert-OH is 1. The molecule has 70 valence electrons. The van der Waals surface area contributed by atoms with Crippen molar-refractivity contribution in [3.63, 3.8) is 0 Å². The fourth-order valence-corrected chi connectivity index (χ4v) is 1.75. The Hall–Kier alpha value is -0.860. The van der Waals surface area contributed by atoms with Crippen LogP contribution in [0.1, 0.15) is 30.8 Å². The minimum absolute atomic E-state index is 0.171. The topological polar surface area (TPSA) is 29.5 Å². The van der Waals surface area contributed by atoms with Gasteiger partial charge in [0, 0.05) is 5.56 Å². The van der Waals surface area contributed by atoms with Gasteiger partial charge >= 0.3 is 0 Å². The Kier molecular flexibility index (Phi) is 2.34. The van der Waals surface area contributed by atoms with Crippen molar-refractivity contribution >= 4 is 0 Å². The molecule has 0 radical (unpaired) electrons. The maximum absolute atomic E-state index is 9.64. The lowest BCUT2D eigenvalue weighted by Gasteiger charge is -2.28. The first-order valence-corrected chi connectivity index (χ1v) is 4.72. The van der Waals surface area contributed by atoms with Crippen LogP contribution in [0.4, 0.5) is 0 Å². The fraction of sp³-hybridized carbons (Fsp3) is 0.455. The highest BCUT2D eigenvalue weighted by atomic mass is 16.6. The smallest absolute Gasteiger partial charge is 0.181 e. The lowest BCUT2D eigenvalue weighted by Crippen LogP contribution is -2.25. The zero-order chi connectivity index (χ0) is 9.26. The van der Waals surface area contributed by atoms with Crippen LogP contribution in [0.25, 0.3) is 0 Å². The molecule has 0 aromatic heterocycles. The average Bonchev–Trinajstić information content (AvgIpc) is 2.18. The maximum Gasteiger partial charge on any atom is 0.181 e. The number of fused-ring (bicyclic) bond motifs is 1. The van der Waals surface area contributed by atoms with Gasteiger partial charge in [-0.15, -0.1) is 0 Å². The fourth-order valence-electron chi connectivity index (χ4n) is 1.75. The number of hydrogen-bond acceptors (Lipinski definition) is 2. The lowest BCUT2D eigenvalue weighted by atomic mass is 9.97. The highest BCUT2D eigenvalue weighted by Crippen LogP contribution is 2.28. The van der Waals surface area contributed by atoms with Gasteiger partial charge in [-0.2, -0.15) is 0 Å². The molecule has 0 bridgehead atoms. The summed E-state index contributed by atoms with van der Waals surface area (Å²) < 4.78 is 5.42. The first-order chi connectivity index (χ1) is 6.31. The minimum Gasteiger partial charge on any atom is -0.364 e. The first kappa shape index (κ1) is 8.73. The van der Waals surface area contributed by atoms with E-state index in [9.17, 15) is 5.11 Å². The summed E-state index contributed by atoms with van der Waals surface area (Å²) in [5, 5.41) is 9.64. The molecule has 1 aromatic rings. The van der Waals surface area contributed by atoms with Crippen molar-refractivity contribution in [3.8, 4) is 0 Å². The van der Waals surface area contributed by atoms with Gasteiger partial charge in [-0.1, -0.05) is 31.2 Å². The zero-order valence-electron chi connectivity index (χ0n) is 7.73. The second-order valence-electron chi connectivity index (χ2n) is 3.42. The Labute approximate surface area is 78.2 Å². The van der Waals surface area contributed by atoms with Crippen molar-refractivity contribution in [3.05, 3.63) is 35.4 Å². The molecule has 2 rings (SSSR count). The molecule has 1 N–H and O–H groups in total. The summed E-state index contributed by atoms with van der Waals surface area (Å²) in [6, 6.07) is 7.91. The number of ether oxygens (including phenoxy) is 1. The molecule has 2 nitrogen and oxygen atoms in total. The van der Waals surface area contributed by atoms with Gasteiger partial charge < -0.3 is 9.84 Å². The molecule has 2 heteroatoms. The highest BCUT2D eigenvalue weighted by molar-refractivity contribution is 5.30. The summed E-state index contributed by atoms with van der Waals surface area (Å²) in [7, 11) is 0. The Morgan fingerprint density at radius 3 is 3.00 bits per heavy atom. The van der Waals surface area contributed by atoms with E-state index in [1.165, 1.54) is 5.56 Å². The van der Waals surface area contributed by atoms with Crippen molar-refractivity contribution in [1.29, 1.82) is 0 Å². The van der Waals surface area contributed by atoms with Crippen molar-refractivity contribution in [2.75, 3.05) is 0 Å². The number of benzene rings is 1. The normalized spacial score (nSPS) is 26.9. The van der Waals surface area contributed by atoms with Crippen LogP contribution < -0.4 is 0 Å². The molecule has 0 saturated carbocycles. The molecule has 0 saturated heterocycles. The minimum atomic E-state index is -0.727. The molecular weight excluding hydrogens is 164 g/mol. The molecule has 1 aliphatic heterocycles. The Morgan fingerprint density at radius 1 is 1.46 bits per heavy atom. The molecule has 0 fully saturated rings. The van der Waals surface area contributed by atoms with E-state index in [0.717, 1.165) is 18.4 Å². The third kappa shape index (κ3) is 1.60. The summed E-state index contributed by atoms with van der Waals surface area (Å²) in [5.41, 5.74) is 2.14. The predicted octanol–water partition coefficient (Wildman–Crippen LogP) is 2.03. The molecule has 1 heterocycles. The van der Waals surface area contributed by atoms with Crippen molar-refractivity contribution < 1.29 is 9.84 Å². The monoisotopic (exact) mass is 178 g/mol. The Morgan fingerprint density at radius 2 is 2.23 bits per heavy atom. The van der Waals surface area contributed by atoms with Crippen LogP contribution in [0, 0.1) is 0 Å². The van der Waals surface area contributed by atoms with Crippen LogP contribution in [0.3, 0.4) is 0 Å². The van der Waals surface area contributed by atoms with Gasteiger partial charge in [0.2, 0.25) is 0 Å². The van der Waals surface area contributed by atoms with Gasteiger partial charge in [0.25, 0.3) is 0 Å². The van der Waals surface area contributed by atoms with E-state index in [0.29, 0.717) is 0 Å². The van der Waals surface area contributed by atoms with Crippen LogP contribution in [0.5, 0.6) is 0 Å². The van der Waals surface area contributed by atoms with Crippen molar-refractivity contribution in [1.82, 2.24) is 0 Å². The van der Waals surface area contributed by atoms with E-state index in [2.05, 4.69) is 13.0 Å². The Balaban J connectivity index is 2.31. The van der Waals surface area contributed by atoms with E-state index in [1.807, 2.05) is 18.2 Å². The summed E-state index contributed by atoms with van der Waals surface area (Å²) in [6.45, 7) is 2.07. The molecule has 2 atom stereocenters. The maximum atomic E-state index is 9.64. The number of aliphatic hydroxyl groups is 1. The Bertz CT molecular complexity index is 296. The molecule has 13 heavy (non-hydrogen) atoms. The van der Waals surface area contributed by atoms with Crippen molar-refractivity contribution in [2.45, 2.75) is 32.2 Å². The predicted molar refractivity (Wildman–Crippen MR) is 50.3 cm³/mol. The van der Waals surface area contributed by atoms with E-state index >= 15 is 0 Å². The summed E-state index contributed by atoms with van der Waals surface area (Å²) in [4.78, 5) is 0. The molecule has 0 amide bonds. The molecule has 2 unspecified atom stereocenters. The zero-order valence-corrected chi connectivity index (χ0v) is 7.73. The molecule has 1 aliphatic rings. The molecule has 1 aromatic carbocycles. The second-order valence-corrected chi connectivity index (χ2v) is 3.42. The van der Waals surface area contributed by atoms with Gasteiger partial charge in [0.05, 0.1) is 6.10 Å². The molecule has 0 aliphatic carbocycles. The molecule has 0 spiro atoms. The van der Waals surface area contributed by atoms with Gasteiger partial charge in [-0.25, -0.2) is 0 Å². The van der Waals surface area contributed by atoms with Crippen LogP contribution in [-0.2, 0) is 11.2 Å². The van der Waals surface area contributed by atoms with Crippen LogP contribution in [0.15, 0.2) is 24.3 Å². The third-order valence-corrected chi connectivity index (χ3v) is 2.55. The van der Waals surface area contributed by atoms with E-state index in [4.69, 9.17) is 4.74 Å².